The van der Waals surface area contributed by atoms with Crippen molar-refractivity contribution in [2.24, 2.45) is 5.73 Å². The van der Waals surface area contributed by atoms with Gasteiger partial charge in [0.1, 0.15) is 43.2 Å². The number of hydrogen-bond acceptors (Lipinski definition) is 11. The Morgan fingerprint density at radius 2 is 1.52 bits per heavy atom. The van der Waals surface area contributed by atoms with Gasteiger partial charge in [-0.1, -0.05) is 0 Å². The summed E-state index contributed by atoms with van der Waals surface area (Å²) in [5.41, 5.74) is 5.70. The van der Waals surface area contributed by atoms with Gasteiger partial charge in [0.25, 0.3) is 0 Å². The minimum absolute atomic E-state index is 0.637. The summed E-state index contributed by atoms with van der Waals surface area (Å²) in [5, 5.41) is 67.2. The normalized spacial score (nSPS) is 51.1. The Hall–Kier alpha value is -0.440. The van der Waals surface area contributed by atoms with Crippen LogP contribution in [0.2, 0.25) is 0 Å². The zero-order valence-corrected chi connectivity index (χ0v) is 12.2. The molecule has 0 bridgehead atoms. The quantitative estimate of drug-likeness (QED) is 0.238. The average Bonchev–Trinajstić information content (AvgIpc) is 2.80. The third kappa shape index (κ3) is 3.23. The highest BCUT2D eigenvalue weighted by Crippen LogP contribution is 2.35. The highest BCUT2D eigenvalue weighted by atomic mass is 16.8. The molecule has 0 aromatic heterocycles. The number of aliphatic hydroxyl groups excluding tert-OH is 7. The Bertz CT molecular complexity index is 398. The van der Waals surface area contributed by atoms with Crippen LogP contribution in [0, 0.1) is 0 Å². The van der Waals surface area contributed by atoms with E-state index in [1.54, 1.807) is 0 Å². The number of aliphatic hydroxyl groups is 7. The maximum Gasteiger partial charge on any atom is 0.223 e. The summed E-state index contributed by atoms with van der Waals surface area (Å²) < 4.78 is 15.8. The van der Waals surface area contributed by atoms with Gasteiger partial charge >= 0.3 is 0 Å². The van der Waals surface area contributed by atoms with Gasteiger partial charge in [-0.25, -0.2) is 0 Å². The molecular formula is C12H23NO10. The first kappa shape index (κ1) is 18.9. The summed E-state index contributed by atoms with van der Waals surface area (Å²) in [6.45, 7) is -2.18. The van der Waals surface area contributed by atoms with Gasteiger partial charge in [-0.15, -0.1) is 0 Å². The molecule has 2 aliphatic heterocycles. The molecule has 2 fully saturated rings. The summed E-state index contributed by atoms with van der Waals surface area (Å²) in [7, 11) is 0. The fourth-order valence-corrected chi connectivity index (χ4v) is 2.68. The molecule has 2 aliphatic rings. The van der Waals surface area contributed by atoms with E-state index in [1.807, 2.05) is 0 Å². The van der Waals surface area contributed by atoms with Crippen molar-refractivity contribution in [2.45, 2.75) is 54.7 Å². The van der Waals surface area contributed by atoms with Gasteiger partial charge in [-0.2, -0.15) is 0 Å². The molecule has 2 heterocycles. The third-order valence-electron chi connectivity index (χ3n) is 4.15. The molecule has 0 unspecified atom stereocenters. The van der Waals surface area contributed by atoms with Crippen molar-refractivity contribution in [3.63, 3.8) is 0 Å². The van der Waals surface area contributed by atoms with Gasteiger partial charge in [0, 0.05) is 0 Å². The van der Waals surface area contributed by atoms with E-state index in [0.29, 0.717) is 0 Å². The molecule has 2 saturated heterocycles. The summed E-state index contributed by atoms with van der Waals surface area (Å²) in [6, 6.07) is -1.28. The molecule has 11 nitrogen and oxygen atoms in total. The zero-order chi connectivity index (χ0) is 17.4. The standard InChI is InChI=1S/C12H23NO10/c13-6-9(19)7(17)4(1-14)21-11(6)23-12(3-16)10(20)8(18)5(2-15)22-12/h4-11,14-20H,1-3,13H2/t4-,5-,6-,7-,8-,9-,10+,11-,12+/m1/s1. The lowest BCUT2D eigenvalue weighted by atomic mass is 9.97. The Morgan fingerprint density at radius 3 is 2.00 bits per heavy atom. The lowest BCUT2D eigenvalue weighted by Crippen LogP contribution is -2.65. The van der Waals surface area contributed by atoms with E-state index in [0.717, 1.165) is 0 Å². The van der Waals surface area contributed by atoms with Crippen LogP contribution in [0.15, 0.2) is 0 Å². The summed E-state index contributed by atoms with van der Waals surface area (Å²) in [6.07, 6.45) is -10.1. The smallest absolute Gasteiger partial charge is 0.223 e. The van der Waals surface area contributed by atoms with E-state index in [4.69, 9.17) is 30.2 Å². The predicted octanol–water partition coefficient (Wildman–Crippen LogP) is -5.43. The number of nitrogens with two attached hydrogens (primary N) is 1. The summed E-state index contributed by atoms with van der Waals surface area (Å²) in [4.78, 5) is 0. The molecule has 2 rings (SSSR count). The molecule has 136 valence electrons. The van der Waals surface area contributed by atoms with Crippen LogP contribution in [0.4, 0.5) is 0 Å². The first-order valence-electron chi connectivity index (χ1n) is 7.12. The van der Waals surface area contributed by atoms with Crippen LogP contribution in [0.3, 0.4) is 0 Å². The Morgan fingerprint density at radius 1 is 0.913 bits per heavy atom. The molecule has 0 aromatic carbocycles. The van der Waals surface area contributed by atoms with Gasteiger partial charge in [0.05, 0.1) is 19.3 Å². The van der Waals surface area contributed by atoms with Crippen molar-refractivity contribution < 1.29 is 50.0 Å². The van der Waals surface area contributed by atoms with Crippen LogP contribution >= 0.6 is 0 Å². The molecule has 0 amide bonds. The summed E-state index contributed by atoms with van der Waals surface area (Å²) in [5.74, 6) is -2.14. The first-order valence-corrected chi connectivity index (χ1v) is 7.12. The van der Waals surface area contributed by atoms with Crippen molar-refractivity contribution in [1.82, 2.24) is 0 Å². The first-order chi connectivity index (χ1) is 10.8. The molecule has 11 heteroatoms. The third-order valence-corrected chi connectivity index (χ3v) is 4.15. The Kier molecular flexibility index (Phi) is 5.92. The zero-order valence-electron chi connectivity index (χ0n) is 12.2. The van der Waals surface area contributed by atoms with Crippen molar-refractivity contribution in [3.8, 4) is 0 Å². The molecule has 0 saturated carbocycles. The van der Waals surface area contributed by atoms with Gasteiger partial charge < -0.3 is 55.7 Å². The van der Waals surface area contributed by atoms with Crippen LogP contribution < -0.4 is 5.73 Å². The van der Waals surface area contributed by atoms with E-state index in [9.17, 15) is 25.5 Å². The molecule has 0 spiro atoms. The van der Waals surface area contributed by atoms with E-state index in [-0.39, 0.29) is 0 Å². The molecular weight excluding hydrogens is 318 g/mol. The minimum atomic E-state index is -2.14. The second kappa shape index (κ2) is 7.21. The van der Waals surface area contributed by atoms with Crippen molar-refractivity contribution in [2.75, 3.05) is 19.8 Å². The predicted molar refractivity (Wildman–Crippen MR) is 70.6 cm³/mol. The molecule has 0 radical (unpaired) electrons. The Labute approximate surface area is 131 Å². The van der Waals surface area contributed by atoms with Gasteiger partial charge in [0.15, 0.2) is 6.29 Å². The maximum atomic E-state index is 10.0. The molecule has 23 heavy (non-hydrogen) atoms. The second-order valence-corrected chi connectivity index (χ2v) is 5.65. The van der Waals surface area contributed by atoms with E-state index in [1.165, 1.54) is 0 Å². The average molecular weight is 341 g/mol. The molecule has 9 N–H and O–H groups in total. The van der Waals surface area contributed by atoms with Gasteiger partial charge in [-0.05, 0) is 0 Å². The fourth-order valence-electron chi connectivity index (χ4n) is 2.68. The van der Waals surface area contributed by atoms with Gasteiger partial charge in [-0.3, -0.25) is 0 Å². The van der Waals surface area contributed by atoms with Crippen molar-refractivity contribution in [3.05, 3.63) is 0 Å². The van der Waals surface area contributed by atoms with Crippen LogP contribution in [-0.4, -0.2) is 110 Å². The number of hydrogen-bond donors (Lipinski definition) is 8. The van der Waals surface area contributed by atoms with Crippen molar-refractivity contribution in [1.29, 1.82) is 0 Å². The van der Waals surface area contributed by atoms with Crippen LogP contribution in [0.25, 0.3) is 0 Å². The maximum absolute atomic E-state index is 10.0. The van der Waals surface area contributed by atoms with E-state index in [2.05, 4.69) is 0 Å². The topological polar surface area (TPSA) is 195 Å². The van der Waals surface area contributed by atoms with Crippen LogP contribution in [0.5, 0.6) is 0 Å². The fraction of sp³-hybridized carbons (Fsp3) is 1.00. The monoisotopic (exact) mass is 341 g/mol. The van der Waals surface area contributed by atoms with E-state index >= 15 is 0 Å². The Balaban J connectivity index is 2.18. The molecule has 0 aromatic rings. The number of ether oxygens (including phenoxy) is 3. The lowest BCUT2D eigenvalue weighted by molar-refractivity contribution is -0.366. The minimum Gasteiger partial charge on any atom is -0.394 e. The number of rotatable bonds is 5. The van der Waals surface area contributed by atoms with Crippen LogP contribution in [-0.2, 0) is 14.2 Å². The largest absolute Gasteiger partial charge is 0.394 e. The lowest BCUT2D eigenvalue weighted by Gasteiger charge is -2.43. The molecule has 0 aliphatic carbocycles. The molecule has 9 atom stereocenters. The van der Waals surface area contributed by atoms with Gasteiger partial charge in [0.2, 0.25) is 5.79 Å². The second-order valence-electron chi connectivity index (χ2n) is 5.65. The highest BCUT2D eigenvalue weighted by Gasteiger charge is 2.58. The highest BCUT2D eigenvalue weighted by molar-refractivity contribution is 4.99. The summed E-state index contributed by atoms with van der Waals surface area (Å²) >= 11 is 0. The van der Waals surface area contributed by atoms with E-state index < -0.39 is 74.6 Å². The SMILES string of the molecule is N[C@H]1[C@@H](O[C@]2(CO)O[C@H](CO)[C@@H](O)[C@@H]2O)O[C@H](CO)[C@@H](O)[C@@H]1O. The van der Waals surface area contributed by atoms with Crippen LogP contribution in [0.1, 0.15) is 0 Å². The van der Waals surface area contributed by atoms with Crippen molar-refractivity contribution >= 4 is 0 Å².